The molecule has 0 radical (unpaired) electrons. The molecule has 0 bridgehead atoms. The van der Waals surface area contributed by atoms with Gasteiger partial charge in [-0.25, -0.2) is 4.98 Å². The Balaban J connectivity index is 1.64. The Kier molecular flexibility index (Phi) is 3.90. The van der Waals surface area contributed by atoms with Gasteiger partial charge >= 0.3 is 0 Å². The van der Waals surface area contributed by atoms with Gasteiger partial charge in [-0.05, 0) is 11.6 Å². The van der Waals surface area contributed by atoms with E-state index in [1.165, 1.54) is 11.0 Å². The summed E-state index contributed by atoms with van der Waals surface area (Å²) in [6.45, 7) is 1.81. The highest BCUT2D eigenvalue weighted by atomic mass is 32.1. The zero-order valence-corrected chi connectivity index (χ0v) is 11.7. The molecule has 1 aliphatic heterocycles. The highest BCUT2D eigenvalue weighted by Gasteiger charge is 2.15. The van der Waals surface area contributed by atoms with Crippen LogP contribution < -0.4 is 10.6 Å². The predicted molar refractivity (Wildman–Crippen MR) is 81.6 cm³/mol. The number of hydrogen-bond acceptors (Lipinski definition) is 4. The first-order valence-corrected chi connectivity index (χ1v) is 7.36. The van der Waals surface area contributed by atoms with E-state index in [1.54, 1.807) is 17.4 Å². The van der Waals surface area contributed by atoms with Crippen molar-refractivity contribution in [1.82, 2.24) is 10.3 Å². The van der Waals surface area contributed by atoms with Crippen molar-refractivity contribution in [2.24, 2.45) is 0 Å². The summed E-state index contributed by atoms with van der Waals surface area (Å²) >= 11 is 1.55. The molecule has 2 aromatic rings. The zero-order valence-electron chi connectivity index (χ0n) is 10.9. The van der Waals surface area contributed by atoms with Crippen LogP contribution in [0.3, 0.4) is 0 Å². The molecule has 0 atom stereocenters. The second kappa shape index (κ2) is 5.98. The van der Waals surface area contributed by atoms with Gasteiger partial charge in [0, 0.05) is 30.5 Å². The Morgan fingerprint density at radius 3 is 3.00 bits per heavy atom. The summed E-state index contributed by atoms with van der Waals surface area (Å²) in [6.07, 6.45) is 4.26. The van der Waals surface area contributed by atoms with Crippen LogP contribution in [-0.4, -0.2) is 17.4 Å². The topological polar surface area (TPSA) is 54.0 Å². The van der Waals surface area contributed by atoms with Crippen molar-refractivity contribution >= 4 is 28.5 Å². The number of thiazole rings is 1. The van der Waals surface area contributed by atoms with Gasteiger partial charge in [0.05, 0.1) is 5.69 Å². The van der Waals surface area contributed by atoms with Crippen LogP contribution in [-0.2, 0) is 17.8 Å². The largest absolute Gasteiger partial charge is 0.311 e. The van der Waals surface area contributed by atoms with Crippen LogP contribution in [0.1, 0.15) is 16.1 Å². The molecule has 5 heteroatoms. The zero-order chi connectivity index (χ0) is 13.8. The summed E-state index contributed by atoms with van der Waals surface area (Å²) in [5, 5.41) is 6.80. The van der Waals surface area contributed by atoms with Crippen molar-refractivity contribution in [1.29, 1.82) is 0 Å². The summed E-state index contributed by atoms with van der Waals surface area (Å²) in [6, 6.07) is 9.75. The Bertz CT molecular complexity index is 610. The lowest BCUT2D eigenvalue weighted by molar-refractivity contribution is -0.111. The summed E-state index contributed by atoms with van der Waals surface area (Å²) < 4.78 is 0. The molecule has 3 rings (SSSR count). The van der Waals surface area contributed by atoms with E-state index in [2.05, 4.69) is 15.6 Å². The van der Waals surface area contributed by atoms with Crippen LogP contribution in [0.15, 0.2) is 36.4 Å². The van der Waals surface area contributed by atoms with Gasteiger partial charge in [0.15, 0.2) is 5.13 Å². The van der Waals surface area contributed by atoms with Crippen molar-refractivity contribution in [2.45, 2.75) is 13.0 Å². The molecule has 0 saturated carbocycles. The quantitative estimate of drug-likeness (QED) is 0.852. The maximum Gasteiger partial charge on any atom is 0.250 e. The lowest BCUT2D eigenvalue weighted by Gasteiger charge is -2.09. The van der Waals surface area contributed by atoms with Crippen LogP contribution in [0.4, 0.5) is 5.13 Å². The highest BCUT2D eigenvalue weighted by Crippen LogP contribution is 2.25. The number of carbonyl (C=O) groups excluding carboxylic acids is 1. The molecule has 0 fully saturated rings. The van der Waals surface area contributed by atoms with Crippen molar-refractivity contribution in [3.05, 3.63) is 52.5 Å². The van der Waals surface area contributed by atoms with E-state index < -0.39 is 0 Å². The second-order valence-electron chi connectivity index (χ2n) is 4.55. The molecule has 0 unspecified atom stereocenters. The second-order valence-corrected chi connectivity index (χ2v) is 5.63. The van der Waals surface area contributed by atoms with Gasteiger partial charge in [0.1, 0.15) is 0 Å². The molecule has 0 saturated heterocycles. The third kappa shape index (κ3) is 3.12. The summed E-state index contributed by atoms with van der Waals surface area (Å²) in [5.41, 5.74) is 2.11. The predicted octanol–water partition coefficient (Wildman–Crippen LogP) is 2.44. The van der Waals surface area contributed by atoms with Crippen molar-refractivity contribution in [3.8, 4) is 0 Å². The molecule has 102 valence electrons. The van der Waals surface area contributed by atoms with Crippen LogP contribution in [0.2, 0.25) is 0 Å². The average molecular weight is 285 g/mol. The number of fused-ring (bicyclic) bond motifs is 1. The lowest BCUT2D eigenvalue weighted by Crippen LogP contribution is -2.22. The van der Waals surface area contributed by atoms with Crippen molar-refractivity contribution < 1.29 is 4.79 Å². The molecule has 1 aliphatic rings. The molecule has 4 nitrogen and oxygen atoms in total. The van der Waals surface area contributed by atoms with E-state index in [9.17, 15) is 4.79 Å². The van der Waals surface area contributed by atoms with E-state index in [0.29, 0.717) is 5.13 Å². The summed E-state index contributed by atoms with van der Waals surface area (Å²) in [5.74, 6) is -0.145. The van der Waals surface area contributed by atoms with Gasteiger partial charge in [0.2, 0.25) is 5.91 Å². The fourth-order valence-electron chi connectivity index (χ4n) is 2.06. The molecule has 0 aliphatic carbocycles. The van der Waals surface area contributed by atoms with Gasteiger partial charge in [-0.15, -0.1) is 11.3 Å². The number of amides is 1. The van der Waals surface area contributed by atoms with Crippen LogP contribution in [0.5, 0.6) is 0 Å². The maximum atomic E-state index is 11.9. The minimum atomic E-state index is -0.145. The van der Waals surface area contributed by atoms with Crippen LogP contribution >= 0.6 is 11.3 Å². The average Bonchev–Trinajstić information content (AvgIpc) is 2.88. The van der Waals surface area contributed by atoms with Crippen molar-refractivity contribution in [3.63, 3.8) is 0 Å². The van der Waals surface area contributed by atoms with Crippen molar-refractivity contribution in [2.75, 3.05) is 11.9 Å². The summed E-state index contributed by atoms with van der Waals surface area (Å²) in [7, 11) is 0. The molecule has 2 N–H and O–H groups in total. The van der Waals surface area contributed by atoms with E-state index >= 15 is 0 Å². The molecule has 2 heterocycles. The standard InChI is InChI=1S/C15H15N3OS/c19-14(7-6-11-4-2-1-3-5-11)18-15-17-12-8-9-16-10-13(12)20-15/h1-7,16H,8-10H2,(H,17,18,19)/b7-6+. The molecule has 1 amide bonds. The highest BCUT2D eigenvalue weighted by molar-refractivity contribution is 7.15. The molecule has 0 spiro atoms. The number of anilines is 1. The summed E-state index contributed by atoms with van der Waals surface area (Å²) in [4.78, 5) is 17.5. The monoisotopic (exact) mass is 285 g/mol. The number of nitrogens with one attached hydrogen (secondary N) is 2. The minimum absolute atomic E-state index is 0.145. The lowest BCUT2D eigenvalue weighted by atomic mass is 10.2. The first kappa shape index (κ1) is 13.0. The van der Waals surface area contributed by atoms with Crippen LogP contribution in [0, 0.1) is 0 Å². The third-order valence-electron chi connectivity index (χ3n) is 3.06. The first-order valence-electron chi connectivity index (χ1n) is 6.55. The Morgan fingerprint density at radius 1 is 1.35 bits per heavy atom. The fraction of sp³-hybridized carbons (Fsp3) is 0.200. The van der Waals surface area contributed by atoms with Gasteiger partial charge in [0.25, 0.3) is 0 Å². The number of aromatic nitrogens is 1. The van der Waals surface area contributed by atoms with Gasteiger partial charge in [-0.2, -0.15) is 0 Å². The first-order chi connectivity index (χ1) is 9.81. The molecule has 20 heavy (non-hydrogen) atoms. The SMILES string of the molecule is O=C(/C=C/c1ccccc1)Nc1nc2c(s1)CNCC2. The van der Waals surface area contributed by atoms with Gasteiger partial charge < -0.3 is 5.32 Å². The smallest absolute Gasteiger partial charge is 0.250 e. The molecular formula is C15H15N3OS. The fourth-order valence-corrected chi connectivity index (χ4v) is 3.04. The Labute approximate surface area is 121 Å². The van der Waals surface area contributed by atoms with E-state index in [-0.39, 0.29) is 5.91 Å². The number of hydrogen-bond donors (Lipinski definition) is 2. The van der Waals surface area contributed by atoms with Crippen LogP contribution in [0.25, 0.3) is 6.08 Å². The third-order valence-corrected chi connectivity index (χ3v) is 4.07. The molecule has 1 aromatic heterocycles. The molecular weight excluding hydrogens is 270 g/mol. The van der Waals surface area contributed by atoms with Gasteiger partial charge in [-0.3, -0.25) is 10.1 Å². The number of carbonyl (C=O) groups is 1. The number of benzene rings is 1. The van der Waals surface area contributed by atoms with E-state index in [4.69, 9.17) is 0 Å². The normalized spacial score (nSPS) is 14.2. The maximum absolute atomic E-state index is 11.9. The minimum Gasteiger partial charge on any atom is -0.311 e. The number of rotatable bonds is 3. The molecule has 1 aromatic carbocycles. The Hall–Kier alpha value is -1.98. The number of nitrogens with zero attached hydrogens (tertiary/aromatic N) is 1. The van der Waals surface area contributed by atoms with E-state index in [0.717, 1.165) is 30.8 Å². The Morgan fingerprint density at radius 2 is 2.20 bits per heavy atom. The van der Waals surface area contributed by atoms with E-state index in [1.807, 2.05) is 30.3 Å². The van der Waals surface area contributed by atoms with Gasteiger partial charge in [-0.1, -0.05) is 30.3 Å².